The summed E-state index contributed by atoms with van der Waals surface area (Å²) in [6, 6.07) is -0.293. The summed E-state index contributed by atoms with van der Waals surface area (Å²) in [7, 11) is 5.23. The lowest BCUT2D eigenvalue weighted by molar-refractivity contribution is -0.318. The Morgan fingerprint density at radius 1 is 0.880 bits per heavy atom. The minimum atomic E-state index is -1.70. The molecule has 0 amide bonds. The molecule has 0 aliphatic carbocycles. The maximum Gasteiger partial charge on any atom is 0.311 e. The number of methoxy groups -OCH3 is 1. The van der Waals surface area contributed by atoms with Crippen LogP contribution in [-0.2, 0) is 38.0 Å². The van der Waals surface area contributed by atoms with Crippen molar-refractivity contribution in [3.63, 3.8) is 0 Å². The van der Waals surface area contributed by atoms with Gasteiger partial charge in [-0.2, -0.15) is 0 Å². The van der Waals surface area contributed by atoms with Crippen molar-refractivity contribution in [3.8, 4) is 0 Å². The van der Waals surface area contributed by atoms with E-state index in [0.29, 0.717) is 12.8 Å². The van der Waals surface area contributed by atoms with Crippen LogP contribution in [0.3, 0.4) is 0 Å². The highest BCUT2D eigenvalue weighted by molar-refractivity contribution is 5.83. The van der Waals surface area contributed by atoms with E-state index in [1.54, 1.807) is 62.3 Å². The Hall–Kier alpha value is -1.26. The first-order valence-electron chi connectivity index (χ1n) is 18.4. The van der Waals surface area contributed by atoms with Crippen LogP contribution in [0.15, 0.2) is 0 Å². The van der Waals surface area contributed by atoms with Crippen LogP contribution in [0, 0.1) is 23.7 Å². The summed E-state index contributed by atoms with van der Waals surface area (Å²) >= 11 is 0. The summed E-state index contributed by atoms with van der Waals surface area (Å²) < 4.78 is 37.3. The number of esters is 1. The van der Waals surface area contributed by atoms with Gasteiger partial charge in [0.25, 0.3) is 0 Å². The van der Waals surface area contributed by atoms with Gasteiger partial charge in [0.05, 0.1) is 47.1 Å². The van der Waals surface area contributed by atoms with Gasteiger partial charge in [0.1, 0.15) is 24.1 Å². The zero-order chi connectivity index (χ0) is 38.1. The van der Waals surface area contributed by atoms with Crippen molar-refractivity contribution in [1.82, 2.24) is 4.90 Å². The molecule has 3 saturated heterocycles. The Balaban J connectivity index is 2.16. The molecule has 3 aliphatic heterocycles. The van der Waals surface area contributed by atoms with E-state index in [2.05, 4.69) is 0 Å². The third kappa shape index (κ3) is 9.64. The van der Waals surface area contributed by atoms with Gasteiger partial charge in [0.2, 0.25) is 0 Å². The Labute approximate surface area is 299 Å². The van der Waals surface area contributed by atoms with Crippen molar-refractivity contribution >= 4 is 11.8 Å². The highest BCUT2D eigenvalue weighted by Crippen LogP contribution is 2.40. The monoisotopic (exact) mass is 717 g/mol. The molecule has 3 heterocycles. The summed E-state index contributed by atoms with van der Waals surface area (Å²) in [5.41, 5.74) is -4.23. The molecule has 3 rings (SSSR count). The smallest absolute Gasteiger partial charge is 0.311 e. The van der Waals surface area contributed by atoms with Crippen LogP contribution in [0.25, 0.3) is 0 Å². The average molecular weight is 718 g/mol. The van der Waals surface area contributed by atoms with Gasteiger partial charge in [-0.1, -0.05) is 27.7 Å². The van der Waals surface area contributed by atoms with E-state index in [4.69, 9.17) is 28.4 Å². The molecule has 292 valence electrons. The third-order valence-electron chi connectivity index (χ3n) is 11.5. The highest BCUT2D eigenvalue weighted by Gasteiger charge is 2.52. The van der Waals surface area contributed by atoms with Gasteiger partial charge in [0.15, 0.2) is 12.6 Å². The standard InChI is InChI=1S/C37H67NO12/c1-14-26-35(8,43)16-19(2)28(39)20(3)17-36(9,44)32(50-34-29(40)25(38(11)12)15-21(4)46-34)22(5)30(23(6)33(42)48-26)49-27-18-37(10,45-13)31(41)24(7)47-27/h19-27,29-32,34,40-41,43-44H,14-18H2,1-13H3/t19-,20-,21-,22+,23-,24+,25+,26?,27+,29-,30?,31+,32-,34+,35+,36-,37-/m1/s1. The summed E-state index contributed by atoms with van der Waals surface area (Å²) in [4.78, 5) is 29.7. The van der Waals surface area contributed by atoms with Crippen molar-refractivity contribution in [1.29, 1.82) is 0 Å². The molecule has 13 nitrogen and oxygen atoms in total. The molecule has 3 aliphatic rings. The number of cyclic esters (lactones) is 1. The van der Waals surface area contributed by atoms with Gasteiger partial charge in [-0.15, -0.1) is 0 Å². The van der Waals surface area contributed by atoms with Crippen LogP contribution in [0.4, 0.5) is 0 Å². The van der Waals surface area contributed by atoms with Gasteiger partial charge in [-0.25, -0.2) is 0 Å². The molecule has 2 unspecified atom stereocenters. The summed E-state index contributed by atoms with van der Waals surface area (Å²) in [5, 5.41) is 46.2. The Bertz CT molecular complexity index is 1130. The SMILES string of the molecule is CCC1OC(=O)[C@H](C)C(O[C@H]2C[C@@](C)(OC)[C@@H](O)[C@H](C)O2)[C@H](C)[C@@H](O[C@@H]2O[C@H](C)C[C@H](N(C)C)[C@H]2O)[C@](C)(O)C[C@@H](C)C(=O)[C@H](C)C[C@]1(C)O. The molecule has 13 heteroatoms. The number of ether oxygens (including phenoxy) is 6. The molecule has 0 saturated carbocycles. The molecule has 0 aromatic heterocycles. The Morgan fingerprint density at radius 3 is 2.00 bits per heavy atom. The summed E-state index contributed by atoms with van der Waals surface area (Å²) in [6.45, 7) is 17.2. The molecule has 3 fully saturated rings. The molecule has 17 atom stereocenters. The lowest BCUT2D eigenvalue weighted by atomic mass is 9.74. The fraction of sp³-hybridized carbons (Fsp3) is 0.946. The predicted molar refractivity (Wildman–Crippen MR) is 185 cm³/mol. The van der Waals surface area contributed by atoms with Gasteiger partial charge in [-0.3, -0.25) is 9.59 Å². The number of likely N-dealkylation sites (N-methyl/N-ethyl adjacent to an activating group) is 1. The second kappa shape index (κ2) is 16.8. The fourth-order valence-corrected chi connectivity index (χ4v) is 8.48. The molecule has 0 spiro atoms. The number of aliphatic hydroxyl groups excluding tert-OH is 2. The fourth-order valence-electron chi connectivity index (χ4n) is 8.48. The number of Topliss-reactive ketones (excluding diaryl/α,β-unsaturated/α-hetero) is 1. The molecule has 0 bridgehead atoms. The van der Waals surface area contributed by atoms with E-state index < -0.39 is 95.6 Å². The van der Waals surface area contributed by atoms with Crippen LogP contribution in [0.1, 0.15) is 101 Å². The number of aliphatic hydroxyl groups is 4. The topological polar surface area (TPSA) is 174 Å². The lowest BCUT2D eigenvalue weighted by Crippen LogP contribution is -2.60. The number of hydrogen-bond donors (Lipinski definition) is 4. The summed E-state index contributed by atoms with van der Waals surface area (Å²) in [5.74, 6) is -3.81. The first kappa shape index (κ1) is 43.1. The zero-order valence-corrected chi connectivity index (χ0v) is 32.6. The van der Waals surface area contributed by atoms with Gasteiger partial charge >= 0.3 is 5.97 Å². The first-order valence-corrected chi connectivity index (χ1v) is 18.4. The number of nitrogens with zero attached hydrogens (tertiary/aromatic N) is 1. The normalized spacial score (nSPS) is 49.0. The molecule has 0 aromatic rings. The summed E-state index contributed by atoms with van der Waals surface area (Å²) in [6.07, 6.45) is -7.08. The van der Waals surface area contributed by atoms with Crippen LogP contribution < -0.4 is 0 Å². The van der Waals surface area contributed by atoms with Gasteiger partial charge in [-0.05, 0) is 81.3 Å². The second-order valence-electron chi connectivity index (χ2n) is 16.5. The quantitative estimate of drug-likeness (QED) is 0.284. The number of carbonyl (C=O) groups excluding carboxylic acids is 2. The van der Waals surface area contributed by atoms with E-state index in [0.717, 1.165) is 0 Å². The van der Waals surface area contributed by atoms with Crippen molar-refractivity contribution in [2.24, 2.45) is 23.7 Å². The van der Waals surface area contributed by atoms with E-state index in [1.165, 1.54) is 7.11 Å². The zero-order valence-electron chi connectivity index (χ0n) is 32.6. The number of ketones is 1. The average Bonchev–Trinajstić information content (AvgIpc) is 3.02. The van der Waals surface area contributed by atoms with Gasteiger partial charge < -0.3 is 53.7 Å². The number of rotatable bonds is 7. The van der Waals surface area contributed by atoms with E-state index in [1.807, 2.05) is 25.9 Å². The molecular weight excluding hydrogens is 650 g/mol. The van der Waals surface area contributed by atoms with E-state index >= 15 is 0 Å². The van der Waals surface area contributed by atoms with Crippen LogP contribution in [0.5, 0.6) is 0 Å². The molecule has 4 N–H and O–H groups in total. The van der Waals surface area contributed by atoms with Crippen LogP contribution in [-0.4, -0.2) is 136 Å². The lowest BCUT2D eigenvalue weighted by Gasteiger charge is -2.49. The van der Waals surface area contributed by atoms with Crippen LogP contribution in [0.2, 0.25) is 0 Å². The first-order chi connectivity index (χ1) is 23.0. The van der Waals surface area contributed by atoms with E-state index in [9.17, 15) is 30.0 Å². The molecule has 0 aromatic carbocycles. The predicted octanol–water partition coefficient (Wildman–Crippen LogP) is 2.81. The Kier molecular flexibility index (Phi) is 14.5. The van der Waals surface area contributed by atoms with Gasteiger partial charge in [0, 0.05) is 37.3 Å². The maximum absolute atomic E-state index is 14.0. The number of hydrogen-bond acceptors (Lipinski definition) is 13. The minimum Gasteiger partial charge on any atom is -0.459 e. The minimum absolute atomic E-state index is 0.0174. The van der Waals surface area contributed by atoms with Crippen molar-refractivity contribution in [3.05, 3.63) is 0 Å². The Morgan fingerprint density at radius 2 is 1.46 bits per heavy atom. The third-order valence-corrected chi connectivity index (χ3v) is 11.5. The van der Waals surface area contributed by atoms with Crippen molar-refractivity contribution < 1.29 is 58.4 Å². The highest BCUT2D eigenvalue weighted by atomic mass is 16.7. The van der Waals surface area contributed by atoms with Crippen LogP contribution >= 0.6 is 0 Å². The van der Waals surface area contributed by atoms with Crippen molar-refractivity contribution in [2.75, 3.05) is 21.2 Å². The van der Waals surface area contributed by atoms with E-state index in [-0.39, 0.29) is 37.2 Å². The molecular formula is C37H67NO12. The maximum atomic E-state index is 14.0. The largest absolute Gasteiger partial charge is 0.459 e. The van der Waals surface area contributed by atoms with Crippen molar-refractivity contribution in [2.45, 2.75) is 179 Å². The number of carbonyl (C=O) groups is 2. The second-order valence-corrected chi connectivity index (χ2v) is 16.5. The molecule has 50 heavy (non-hydrogen) atoms. The molecule has 0 radical (unpaired) electrons.